The van der Waals surface area contributed by atoms with Gasteiger partial charge in [0, 0.05) is 23.2 Å². The Hall–Kier alpha value is -2.62. The quantitative estimate of drug-likeness (QED) is 0.870. The molecule has 0 spiro atoms. The number of carbonyl (C=O) groups is 2. The lowest BCUT2D eigenvalue weighted by Crippen LogP contribution is -2.29. The average Bonchev–Trinajstić information content (AvgIpc) is 2.55. The van der Waals surface area contributed by atoms with Crippen molar-refractivity contribution in [2.24, 2.45) is 5.92 Å². The van der Waals surface area contributed by atoms with Crippen LogP contribution >= 0.6 is 0 Å². The first-order chi connectivity index (χ1) is 11.4. The molecule has 0 aliphatic carbocycles. The van der Waals surface area contributed by atoms with Crippen LogP contribution in [0.3, 0.4) is 0 Å². The van der Waals surface area contributed by atoms with E-state index in [2.05, 4.69) is 10.6 Å². The van der Waals surface area contributed by atoms with Crippen molar-refractivity contribution >= 4 is 17.5 Å². The van der Waals surface area contributed by atoms with Gasteiger partial charge in [-0.1, -0.05) is 38.1 Å². The molecule has 0 saturated heterocycles. The molecule has 0 aliphatic rings. The van der Waals surface area contributed by atoms with E-state index in [1.54, 1.807) is 0 Å². The van der Waals surface area contributed by atoms with E-state index in [9.17, 15) is 9.59 Å². The molecule has 126 valence electrons. The lowest BCUT2D eigenvalue weighted by atomic mass is 10.0. The Morgan fingerprint density at radius 3 is 1.75 bits per heavy atom. The van der Waals surface area contributed by atoms with E-state index in [1.165, 1.54) is 0 Å². The zero-order chi connectivity index (χ0) is 17.7. The first-order valence-electron chi connectivity index (χ1n) is 8.19. The van der Waals surface area contributed by atoms with Crippen LogP contribution in [0.4, 0.5) is 5.69 Å². The van der Waals surface area contributed by atoms with Crippen molar-refractivity contribution in [2.75, 3.05) is 5.32 Å². The van der Waals surface area contributed by atoms with Gasteiger partial charge in [-0.2, -0.15) is 0 Å². The molecular weight excluding hydrogens is 300 g/mol. The first kappa shape index (κ1) is 17.7. The van der Waals surface area contributed by atoms with E-state index >= 15 is 0 Å². The van der Waals surface area contributed by atoms with E-state index in [-0.39, 0.29) is 23.8 Å². The molecule has 2 rings (SSSR count). The summed E-state index contributed by atoms with van der Waals surface area (Å²) in [4.78, 5) is 23.6. The summed E-state index contributed by atoms with van der Waals surface area (Å²) in [7, 11) is 0. The number of hydrogen-bond acceptors (Lipinski definition) is 2. The summed E-state index contributed by atoms with van der Waals surface area (Å²) in [6, 6.07) is 15.3. The summed E-state index contributed by atoms with van der Waals surface area (Å²) < 4.78 is 0. The van der Waals surface area contributed by atoms with Gasteiger partial charge in [0.2, 0.25) is 5.91 Å². The van der Waals surface area contributed by atoms with Gasteiger partial charge < -0.3 is 10.6 Å². The van der Waals surface area contributed by atoms with Crippen molar-refractivity contribution in [2.45, 2.75) is 33.7 Å². The lowest BCUT2D eigenvalue weighted by molar-refractivity contribution is -0.118. The molecule has 2 N–H and O–H groups in total. The minimum atomic E-state index is -0.0664. The number of hydrogen-bond donors (Lipinski definition) is 2. The number of carbonyl (C=O) groups excluding carboxylic acids is 2. The first-order valence-corrected chi connectivity index (χ1v) is 8.19. The maximum Gasteiger partial charge on any atom is 0.251 e. The number of rotatable bonds is 5. The van der Waals surface area contributed by atoms with Gasteiger partial charge in [-0.3, -0.25) is 9.59 Å². The molecular formula is C20H24N2O2. The highest BCUT2D eigenvalue weighted by atomic mass is 16.2. The number of nitrogens with one attached hydrogen (secondary N) is 2. The molecule has 0 bridgehead atoms. The topological polar surface area (TPSA) is 58.2 Å². The normalized spacial score (nSPS) is 10.8. The molecule has 0 fully saturated rings. The Labute approximate surface area is 143 Å². The zero-order valence-electron chi connectivity index (χ0n) is 14.6. The third-order valence-corrected chi connectivity index (χ3v) is 3.58. The smallest absolute Gasteiger partial charge is 0.251 e. The fourth-order valence-electron chi connectivity index (χ4n) is 2.19. The van der Waals surface area contributed by atoms with Gasteiger partial charge in [0.15, 0.2) is 0 Å². The molecule has 4 nitrogen and oxygen atoms in total. The number of amides is 2. The fourth-order valence-corrected chi connectivity index (χ4v) is 2.19. The molecule has 0 unspecified atom stereocenters. The molecule has 2 aromatic rings. The standard InChI is InChI=1S/C20H24N2O2/c1-13(2)19(23)22-18-11-9-16(10-12-18)15-5-7-17(8-6-15)20(24)21-14(3)4/h5-14H,1-4H3,(H,21,24)(H,22,23). The molecule has 2 amide bonds. The van der Waals surface area contributed by atoms with Crippen LogP contribution in [0, 0.1) is 5.92 Å². The Morgan fingerprint density at radius 1 is 0.792 bits per heavy atom. The predicted molar refractivity (Wildman–Crippen MR) is 97.9 cm³/mol. The van der Waals surface area contributed by atoms with Crippen molar-refractivity contribution in [1.82, 2.24) is 5.32 Å². The van der Waals surface area contributed by atoms with Crippen molar-refractivity contribution in [1.29, 1.82) is 0 Å². The third-order valence-electron chi connectivity index (χ3n) is 3.58. The molecule has 24 heavy (non-hydrogen) atoms. The Balaban J connectivity index is 2.09. The van der Waals surface area contributed by atoms with Gasteiger partial charge >= 0.3 is 0 Å². The highest BCUT2D eigenvalue weighted by Gasteiger charge is 2.08. The van der Waals surface area contributed by atoms with Crippen molar-refractivity contribution in [3.8, 4) is 11.1 Å². The second kappa shape index (κ2) is 7.77. The molecule has 2 aromatic carbocycles. The predicted octanol–water partition coefficient (Wildman–Crippen LogP) is 4.09. The maximum atomic E-state index is 12.0. The monoisotopic (exact) mass is 324 g/mol. The number of anilines is 1. The maximum absolute atomic E-state index is 12.0. The summed E-state index contributed by atoms with van der Waals surface area (Å²) in [5, 5.41) is 5.74. The average molecular weight is 324 g/mol. The molecule has 4 heteroatoms. The number of benzene rings is 2. The van der Waals surface area contributed by atoms with Crippen LogP contribution in [0.2, 0.25) is 0 Å². The lowest BCUT2D eigenvalue weighted by Gasteiger charge is -2.10. The van der Waals surface area contributed by atoms with Crippen molar-refractivity contribution < 1.29 is 9.59 Å². The highest BCUT2D eigenvalue weighted by molar-refractivity contribution is 5.95. The SMILES string of the molecule is CC(C)NC(=O)c1ccc(-c2ccc(NC(=O)C(C)C)cc2)cc1. The van der Waals surface area contributed by atoms with E-state index in [1.807, 2.05) is 76.2 Å². The van der Waals surface area contributed by atoms with E-state index < -0.39 is 0 Å². The Morgan fingerprint density at radius 2 is 1.29 bits per heavy atom. The van der Waals surface area contributed by atoms with Gasteiger partial charge in [-0.05, 0) is 49.2 Å². The van der Waals surface area contributed by atoms with E-state index in [0.29, 0.717) is 5.56 Å². The van der Waals surface area contributed by atoms with Crippen molar-refractivity contribution in [3.05, 3.63) is 54.1 Å². The van der Waals surface area contributed by atoms with Gasteiger partial charge in [-0.15, -0.1) is 0 Å². The Kier molecular flexibility index (Phi) is 5.74. The molecule has 0 heterocycles. The van der Waals surface area contributed by atoms with E-state index in [4.69, 9.17) is 0 Å². The largest absolute Gasteiger partial charge is 0.350 e. The Bertz CT molecular complexity index is 701. The van der Waals surface area contributed by atoms with Crippen LogP contribution < -0.4 is 10.6 Å². The summed E-state index contributed by atoms with van der Waals surface area (Å²) in [6.45, 7) is 7.60. The summed E-state index contributed by atoms with van der Waals surface area (Å²) >= 11 is 0. The third kappa shape index (κ3) is 4.69. The second-order valence-corrected chi connectivity index (χ2v) is 6.43. The minimum Gasteiger partial charge on any atom is -0.350 e. The molecule has 0 radical (unpaired) electrons. The van der Waals surface area contributed by atoms with Crippen LogP contribution in [0.1, 0.15) is 38.1 Å². The van der Waals surface area contributed by atoms with Crippen molar-refractivity contribution in [3.63, 3.8) is 0 Å². The molecule has 0 atom stereocenters. The zero-order valence-corrected chi connectivity index (χ0v) is 14.6. The van der Waals surface area contributed by atoms with Crippen LogP contribution in [-0.2, 0) is 4.79 Å². The summed E-state index contributed by atoms with van der Waals surface area (Å²) in [5.41, 5.74) is 3.49. The van der Waals surface area contributed by atoms with Gasteiger partial charge in [0.25, 0.3) is 5.91 Å². The summed E-state index contributed by atoms with van der Waals surface area (Å²) in [5.74, 6) is -0.110. The van der Waals surface area contributed by atoms with Crippen LogP contribution in [0.15, 0.2) is 48.5 Å². The van der Waals surface area contributed by atoms with E-state index in [0.717, 1.165) is 16.8 Å². The summed E-state index contributed by atoms with van der Waals surface area (Å²) in [6.07, 6.45) is 0. The van der Waals surface area contributed by atoms with Crippen LogP contribution in [0.5, 0.6) is 0 Å². The molecule has 0 saturated carbocycles. The van der Waals surface area contributed by atoms with Crippen LogP contribution in [-0.4, -0.2) is 17.9 Å². The minimum absolute atomic E-state index is 0.00303. The van der Waals surface area contributed by atoms with Gasteiger partial charge in [-0.25, -0.2) is 0 Å². The molecule has 0 aromatic heterocycles. The van der Waals surface area contributed by atoms with Gasteiger partial charge in [0.1, 0.15) is 0 Å². The highest BCUT2D eigenvalue weighted by Crippen LogP contribution is 2.22. The van der Waals surface area contributed by atoms with Crippen LogP contribution in [0.25, 0.3) is 11.1 Å². The second-order valence-electron chi connectivity index (χ2n) is 6.43. The molecule has 0 aliphatic heterocycles. The fraction of sp³-hybridized carbons (Fsp3) is 0.300. The van der Waals surface area contributed by atoms with Gasteiger partial charge in [0.05, 0.1) is 0 Å².